The van der Waals surface area contributed by atoms with Crippen molar-refractivity contribution in [3.8, 4) is 0 Å². The second kappa shape index (κ2) is 5.87. The molecule has 0 aromatic carbocycles. The molecule has 94 valence electrons. The zero-order valence-electron chi connectivity index (χ0n) is 10.3. The molecule has 1 saturated carbocycles. The molecule has 1 aromatic heterocycles. The average molecular weight is 235 g/mol. The smallest absolute Gasteiger partial charge is 0.127 e. The first kappa shape index (κ1) is 12.2. The summed E-state index contributed by atoms with van der Waals surface area (Å²) in [4.78, 5) is 4.23. The Balaban J connectivity index is 1.99. The minimum atomic E-state index is -0.223. The minimum Gasteiger partial charge on any atom is -0.391 e. The van der Waals surface area contributed by atoms with E-state index in [2.05, 4.69) is 15.6 Å². The molecule has 2 unspecified atom stereocenters. The second-order valence-corrected chi connectivity index (χ2v) is 4.56. The highest BCUT2D eigenvalue weighted by Crippen LogP contribution is 2.22. The normalized spacial score (nSPS) is 24.4. The molecule has 1 fully saturated rings. The van der Waals surface area contributed by atoms with Crippen LogP contribution in [0.15, 0.2) is 18.3 Å². The van der Waals surface area contributed by atoms with E-state index in [0.29, 0.717) is 0 Å². The average Bonchev–Trinajstić information content (AvgIpc) is 2.33. The second-order valence-electron chi connectivity index (χ2n) is 4.56. The summed E-state index contributed by atoms with van der Waals surface area (Å²) < 4.78 is 0. The monoisotopic (exact) mass is 235 g/mol. The van der Waals surface area contributed by atoms with Crippen LogP contribution in [0.2, 0.25) is 0 Å². The van der Waals surface area contributed by atoms with Crippen LogP contribution in [0, 0.1) is 0 Å². The van der Waals surface area contributed by atoms with Gasteiger partial charge in [-0.2, -0.15) is 0 Å². The van der Waals surface area contributed by atoms with Crippen molar-refractivity contribution in [2.24, 2.45) is 0 Å². The van der Waals surface area contributed by atoms with Gasteiger partial charge in [0.2, 0.25) is 0 Å². The summed E-state index contributed by atoms with van der Waals surface area (Å²) in [7, 11) is 0. The van der Waals surface area contributed by atoms with Crippen LogP contribution in [0.1, 0.15) is 32.6 Å². The lowest BCUT2D eigenvalue weighted by Gasteiger charge is -2.29. The summed E-state index contributed by atoms with van der Waals surface area (Å²) in [5, 5.41) is 16.5. The third kappa shape index (κ3) is 3.33. The molecule has 1 aliphatic rings. The molecule has 1 aromatic rings. The number of aromatic nitrogens is 1. The largest absolute Gasteiger partial charge is 0.391 e. The summed E-state index contributed by atoms with van der Waals surface area (Å²) >= 11 is 0. The number of hydrogen-bond donors (Lipinski definition) is 3. The number of aliphatic hydroxyl groups is 1. The maximum absolute atomic E-state index is 9.91. The van der Waals surface area contributed by atoms with Crippen molar-refractivity contribution in [2.75, 3.05) is 17.2 Å². The van der Waals surface area contributed by atoms with E-state index in [4.69, 9.17) is 0 Å². The SMILES string of the molecule is CCNc1cc(NC2CCCCC2O)ccn1. The summed E-state index contributed by atoms with van der Waals surface area (Å²) in [5.41, 5.74) is 1.03. The molecule has 0 saturated heterocycles. The van der Waals surface area contributed by atoms with Crippen LogP contribution < -0.4 is 10.6 Å². The molecule has 2 rings (SSSR count). The van der Waals surface area contributed by atoms with Crippen LogP contribution in [-0.2, 0) is 0 Å². The molecule has 0 radical (unpaired) electrons. The van der Waals surface area contributed by atoms with Crippen molar-refractivity contribution >= 4 is 11.5 Å². The van der Waals surface area contributed by atoms with Gasteiger partial charge in [-0.25, -0.2) is 4.98 Å². The number of nitrogens with zero attached hydrogens (tertiary/aromatic N) is 1. The van der Waals surface area contributed by atoms with Crippen LogP contribution in [0.5, 0.6) is 0 Å². The Kier molecular flexibility index (Phi) is 4.20. The molecule has 0 amide bonds. The van der Waals surface area contributed by atoms with Gasteiger partial charge >= 0.3 is 0 Å². The number of anilines is 2. The maximum atomic E-state index is 9.91. The third-order valence-corrected chi connectivity index (χ3v) is 3.20. The topological polar surface area (TPSA) is 57.2 Å². The molecule has 2 atom stereocenters. The van der Waals surface area contributed by atoms with Crippen molar-refractivity contribution in [3.63, 3.8) is 0 Å². The van der Waals surface area contributed by atoms with Gasteiger partial charge < -0.3 is 15.7 Å². The molecule has 17 heavy (non-hydrogen) atoms. The molecule has 4 nitrogen and oxygen atoms in total. The van der Waals surface area contributed by atoms with Crippen LogP contribution >= 0.6 is 0 Å². The predicted octanol–water partition coefficient (Wildman–Crippen LogP) is 2.23. The highest BCUT2D eigenvalue weighted by Gasteiger charge is 2.22. The Morgan fingerprint density at radius 3 is 3.00 bits per heavy atom. The Bertz CT molecular complexity index is 356. The number of pyridine rings is 1. The quantitative estimate of drug-likeness (QED) is 0.749. The van der Waals surface area contributed by atoms with Crippen LogP contribution in [0.3, 0.4) is 0 Å². The molecule has 0 bridgehead atoms. The third-order valence-electron chi connectivity index (χ3n) is 3.20. The van der Waals surface area contributed by atoms with E-state index in [9.17, 15) is 5.11 Å². The molecule has 0 spiro atoms. The van der Waals surface area contributed by atoms with E-state index >= 15 is 0 Å². The Morgan fingerprint density at radius 1 is 1.41 bits per heavy atom. The van der Waals surface area contributed by atoms with E-state index in [-0.39, 0.29) is 12.1 Å². The lowest BCUT2D eigenvalue weighted by molar-refractivity contribution is 0.116. The highest BCUT2D eigenvalue weighted by molar-refractivity contribution is 5.52. The molecule has 1 heterocycles. The number of aliphatic hydroxyl groups excluding tert-OH is 1. The first-order chi connectivity index (χ1) is 8.29. The lowest BCUT2D eigenvalue weighted by atomic mass is 9.92. The molecular weight excluding hydrogens is 214 g/mol. The zero-order chi connectivity index (χ0) is 12.1. The van der Waals surface area contributed by atoms with Gasteiger partial charge in [-0.1, -0.05) is 12.8 Å². The zero-order valence-corrected chi connectivity index (χ0v) is 10.3. The Hall–Kier alpha value is -1.29. The Labute approximate surface area is 102 Å². The van der Waals surface area contributed by atoms with E-state index in [0.717, 1.165) is 37.3 Å². The van der Waals surface area contributed by atoms with Crippen LogP contribution in [0.4, 0.5) is 11.5 Å². The predicted molar refractivity (Wildman–Crippen MR) is 70.3 cm³/mol. The van der Waals surface area contributed by atoms with E-state index < -0.39 is 0 Å². The van der Waals surface area contributed by atoms with Gasteiger partial charge in [0.1, 0.15) is 5.82 Å². The van der Waals surface area contributed by atoms with E-state index in [1.54, 1.807) is 6.20 Å². The van der Waals surface area contributed by atoms with Crippen LogP contribution in [0.25, 0.3) is 0 Å². The van der Waals surface area contributed by atoms with Crippen molar-refractivity contribution in [2.45, 2.75) is 44.8 Å². The molecule has 3 N–H and O–H groups in total. The molecule has 0 aliphatic heterocycles. The van der Waals surface area contributed by atoms with Crippen molar-refractivity contribution < 1.29 is 5.11 Å². The fraction of sp³-hybridized carbons (Fsp3) is 0.615. The van der Waals surface area contributed by atoms with Gasteiger partial charge in [0.25, 0.3) is 0 Å². The molecule has 4 heteroatoms. The summed E-state index contributed by atoms with van der Waals surface area (Å²) in [6.45, 7) is 2.91. The van der Waals surface area contributed by atoms with Gasteiger partial charge in [-0.3, -0.25) is 0 Å². The van der Waals surface area contributed by atoms with Gasteiger partial charge in [0.05, 0.1) is 12.1 Å². The minimum absolute atomic E-state index is 0.181. The van der Waals surface area contributed by atoms with Gasteiger partial charge in [-0.15, -0.1) is 0 Å². The lowest BCUT2D eigenvalue weighted by Crippen LogP contribution is -2.36. The Morgan fingerprint density at radius 2 is 2.24 bits per heavy atom. The van der Waals surface area contributed by atoms with Crippen LogP contribution in [-0.4, -0.2) is 28.8 Å². The summed E-state index contributed by atoms with van der Waals surface area (Å²) in [6, 6.07) is 4.12. The number of rotatable bonds is 4. The van der Waals surface area contributed by atoms with Crippen molar-refractivity contribution in [3.05, 3.63) is 18.3 Å². The van der Waals surface area contributed by atoms with Gasteiger partial charge in [0, 0.05) is 24.5 Å². The van der Waals surface area contributed by atoms with Crippen molar-refractivity contribution in [1.82, 2.24) is 4.98 Å². The van der Waals surface area contributed by atoms with E-state index in [1.807, 2.05) is 19.1 Å². The first-order valence-corrected chi connectivity index (χ1v) is 6.44. The number of hydrogen-bond acceptors (Lipinski definition) is 4. The van der Waals surface area contributed by atoms with E-state index in [1.165, 1.54) is 6.42 Å². The number of nitrogens with one attached hydrogen (secondary N) is 2. The maximum Gasteiger partial charge on any atom is 0.127 e. The molecular formula is C13H21N3O. The summed E-state index contributed by atoms with van der Waals surface area (Å²) in [6.07, 6.45) is 5.84. The standard InChI is InChI=1S/C13H21N3O/c1-2-14-13-9-10(7-8-15-13)16-11-5-3-4-6-12(11)17/h7-9,11-12,17H,2-6H2,1H3,(H2,14,15,16). The highest BCUT2D eigenvalue weighted by atomic mass is 16.3. The van der Waals surface area contributed by atoms with Crippen molar-refractivity contribution in [1.29, 1.82) is 0 Å². The summed E-state index contributed by atoms with van der Waals surface area (Å²) in [5.74, 6) is 0.878. The fourth-order valence-electron chi connectivity index (χ4n) is 2.29. The fourth-order valence-corrected chi connectivity index (χ4v) is 2.29. The van der Waals surface area contributed by atoms with Gasteiger partial charge in [0.15, 0.2) is 0 Å². The van der Waals surface area contributed by atoms with Gasteiger partial charge in [-0.05, 0) is 25.8 Å². The molecule has 1 aliphatic carbocycles. The first-order valence-electron chi connectivity index (χ1n) is 6.44.